The smallest absolute Gasteiger partial charge is 0.268 e. The van der Waals surface area contributed by atoms with E-state index in [2.05, 4.69) is 0 Å². The Hall–Kier alpha value is -4.08. The van der Waals surface area contributed by atoms with Gasteiger partial charge in [0.1, 0.15) is 6.04 Å². The van der Waals surface area contributed by atoms with Gasteiger partial charge in [0.25, 0.3) is 17.7 Å². The lowest BCUT2D eigenvalue weighted by atomic mass is 10.1. The Bertz CT molecular complexity index is 1330. The van der Waals surface area contributed by atoms with Crippen LogP contribution in [-0.2, 0) is 4.79 Å². The molecule has 0 saturated heterocycles. The molecule has 0 radical (unpaired) electrons. The van der Waals surface area contributed by atoms with Gasteiger partial charge in [-0.2, -0.15) is 0 Å². The second-order valence-corrected chi connectivity index (χ2v) is 11.3. The number of carbonyl (C=O) groups is 3. The molecule has 5 nitrogen and oxygen atoms in total. The summed E-state index contributed by atoms with van der Waals surface area (Å²) in [6.45, 7) is 1.57. The molecule has 0 bridgehead atoms. The normalized spacial score (nSPS) is 13.9. The number of rotatable bonds is 5. The van der Waals surface area contributed by atoms with Crippen LogP contribution in [0.25, 0.3) is 0 Å². The minimum absolute atomic E-state index is 0.312. The second kappa shape index (κ2) is 9.28. The van der Waals surface area contributed by atoms with E-state index < -0.39 is 30.8 Å². The van der Waals surface area contributed by atoms with Gasteiger partial charge in [0.2, 0.25) is 0 Å². The van der Waals surface area contributed by atoms with E-state index in [0.29, 0.717) is 11.1 Å². The molecule has 0 saturated carbocycles. The summed E-state index contributed by atoms with van der Waals surface area (Å²) in [5, 5.41) is 2.75. The number of amides is 3. The van der Waals surface area contributed by atoms with Crippen molar-refractivity contribution in [3.63, 3.8) is 0 Å². The SMILES string of the molecule is CC(C(=O)N=P(c1ccccc1)(c1ccccc1)c1ccccc1)N1C(=O)c2ccccc2C1=O. The van der Waals surface area contributed by atoms with E-state index in [1.54, 1.807) is 31.2 Å². The molecule has 0 spiro atoms. The molecule has 35 heavy (non-hydrogen) atoms. The summed E-state index contributed by atoms with van der Waals surface area (Å²) in [7, 11) is -2.79. The molecule has 0 aliphatic carbocycles. The third-order valence-corrected chi connectivity index (χ3v) is 9.84. The van der Waals surface area contributed by atoms with Gasteiger partial charge < -0.3 is 0 Å². The summed E-state index contributed by atoms with van der Waals surface area (Å²) < 4.78 is 4.92. The van der Waals surface area contributed by atoms with Crippen molar-refractivity contribution in [2.75, 3.05) is 0 Å². The van der Waals surface area contributed by atoms with E-state index in [0.717, 1.165) is 20.8 Å². The number of fused-ring (bicyclic) bond motifs is 1. The van der Waals surface area contributed by atoms with Crippen LogP contribution >= 0.6 is 7.05 Å². The van der Waals surface area contributed by atoms with Crippen LogP contribution in [0.2, 0.25) is 0 Å². The molecular formula is C29H23N2O3P. The summed E-state index contributed by atoms with van der Waals surface area (Å²) in [6, 6.07) is 34.9. The summed E-state index contributed by atoms with van der Waals surface area (Å²) in [5.41, 5.74) is 0.625. The molecule has 6 heteroatoms. The molecular weight excluding hydrogens is 455 g/mol. The molecule has 5 rings (SSSR count). The molecule has 1 unspecified atom stereocenters. The molecule has 4 aromatic rings. The Labute approximate surface area is 204 Å². The zero-order chi connectivity index (χ0) is 24.4. The van der Waals surface area contributed by atoms with Crippen LogP contribution < -0.4 is 15.9 Å². The van der Waals surface area contributed by atoms with Crippen LogP contribution in [0.4, 0.5) is 0 Å². The lowest BCUT2D eigenvalue weighted by Gasteiger charge is -2.28. The minimum Gasteiger partial charge on any atom is -0.270 e. The van der Waals surface area contributed by atoms with Crippen molar-refractivity contribution in [2.24, 2.45) is 4.74 Å². The monoisotopic (exact) mass is 478 g/mol. The Morgan fingerprint density at radius 2 is 0.971 bits per heavy atom. The first-order chi connectivity index (χ1) is 17.0. The first kappa shape index (κ1) is 22.7. The quantitative estimate of drug-likeness (QED) is 0.316. The maximum Gasteiger partial charge on any atom is 0.268 e. The van der Waals surface area contributed by atoms with Gasteiger partial charge >= 0.3 is 0 Å². The van der Waals surface area contributed by atoms with Crippen molar-refractivity contribution in [3.8, 4) is 0 Å². The van der Waals surface area contributed by atoms with Crippen LogP contribution in [0.3, 0.4) is 0 Å². The lowest BCUT2D eigenvalue weighted by molar-refractivity contribution is -0.120. The summed E-state index contributed by atoms with van der Waals surface area (Å²) in [5.74, 6) is -1.45. The van der Waals surface area contributed by atoms with Gasteiger partial charge in [-0.25, -0.2) is 4.74 Å². The number of hydrogen-bond acceptors (Lipinski definition) is 3. The third-order valence-electron chi connectivity index (χ3n) is 6.21. The van der Waals surface area contributed by atoms with Gasteiger partial charge in [0.15, 0.2) is 0 Å². The number of benzene rings is 4. The van der Waals surface area contributed by atoms with Gasteiger partial charge in [0.05, 0.1) is 18.2 Å². The fourth-order valence-electron chi connectivity index (χ4n) is 4.45. The number of imide groups is 1. The Balaban J connectivity index is 1.70. The van der Waals surface area contributed by atoms with Gasteiger partial charge in [-0.3, -0.25) is 19.3 Å². The van der Waals surface area contributed by atoms with Gasteiger partial charge in [-0.05, 0) is 19.1 Å². The van der Waals surface area contributed by atoms with Crippen LogP contribution in [-0.4, -0.2) is 28.7 Å². The van der Waals surface area contributed by atoms with Crippen LogP contribution in [0.1, 0.15) is 27.6 Å². The van der Waals surface area contributed by atoms with Crippen molar-refractivity contribution in [1.29, 1.82) is 0 Å². The molecule has 4 aromatic carbocycles. The summed E-state index contributed by atoms with van der Waals surface area (Å²) >= 11 is 0. The average molecular weight is 478 g/mol. The highest BCUT2D eigenvalue weighted by Crippen LogP contribution is 2.46. The van der Waals surface area contributed by atoms with Crippen molar-refractivity contribution in [2.45, 2.75) is 13.0 Å². The lowest BCUT2D eigenvalue weighted by Crippen LogP contribution is -2.42. The highest BCUT2D eigenvalue weighted by atomic mass is 31.2. The second-order valence-electron chi connectivity index (χ2n) is 8.28. The van der Waals surface area contributed by atoms with Crippen LogP contribution in [0, 0.1) is 0 Å². The van der Waals surface area contributed by atoms with Crippen molar-refractivity contribution in [3.05, 3.63) is 126 Å². The van der Waals surface area contributed by atoms with Crippen LogP contribution in [0.15, 0.2) is 120 Å². The van der Waals surface area contributed by atoms with Crippen molar-refractivity contribution >= 4 is 40.7 Å². The molecule has 172 valence electrons. The van der Waals surface area contributed by atoms with Crippen LogP contribution in [0.5, 0.6) is 0 Å². The first-order valence-corrected chi connectivity index (χ1v) is 13.1. The predicted octanol–water partition coefficient (Wildman–Crippen LogP) is 4.38. The molecule has 3 amide bonds. The number of hydrogen-bond donors (Lipinski definition) is 0. The topological polar surface area (TPSA) is 66.8 Å². The fourth-order valence-corrected chi connectivity index (χ4v) is 7.97. The van der Waals surface area contributed by atoms with Crippen molar-refractivity contribution in [1.82, 2.24) is 4.90 Å². The predicted molar refractivity (Wildman–Crippen MR) is 139 cm³/mol. The standard InChI is InChI=1S/C29H23N2O3P/c1-21(31-28(33)25-19-11-12-20-26(25)29(31)34)27(32)30-35(22-13-5-2-6-14-22,23-15-7-3-8-16-23)24-17-9-4-10-18-24/h2-21H,1H3. The maximum absolute atomic E-state index is 13.8. The Morgan fingerprint density at radius 1 is 0.629 bits per heavy atom. The number of carbonyl (C=O) groups excluding carboxylic acids is 3. The molecule has 1 atom stereocenters. The molecule has 0 aromatic heterocycles. The number of nitrogens with zero attached hydrogens (tertiary/aromatic N) is 2. The Kier molecular flexibility index (Phi) is 6.02. The van der Waals surface area contributed by atoms with Gasteiger partial charge in [-0.1, -0.05) is 103 Å². The zero-order valence-electron chi connectivity index (χ0n) is 19.1. The fraction of sp³-hybridized carbons (Fsp3) is 0.0690. The third kappa shape index (κ3) is 3.84. The van der Waals surface area contributed by atoms with E-state index in [-0.39, 0.29) is 0 Å². The highest BCUT2D eigenvalue weighted by Gasteiger charge is 2.41. The summed E-state index contributed by atoms with van der Waals surface area (Å²) in [6.07, 6.45) is 0. The van der Waals surface area contributed by atoms with E-state index in [1.165, 1.54) is 0 Å². The molecule has 1 aliphatic heterocycles. The Morgan fingerprint density at radius 3 is 1.34 bits per heavy atom. The molecule has 0 fully saturated rings. The highest BCUT2D eigenvalue weighted by molar-refractivity contribution is 7.87. The average Bonchev–Trinajstić information content (AvgIpc) is 3.18. The zero-order valence-corrected chi connectivity index (χ0v) is 20.0. The summed E-state index contributed by atoms with van der Waals surface area (Å²) in [4.78, 5) is 41.0. The van der Waals surface area contributed by atoms with Gasteiger partial charge in [-0.15, -0.1) is 0 Å². The van der Waals surface area contributed by atoms with Crippen molar-refractivity contribution < 1.29 is 14.4 Å². The van der Waals surface area contributed by atoms with E-state index in [9.17, 15) is 14.4 Å². The largest absolute Gasteiger partial charge is 0.270 e. The van der Waals surface area contributed by atoms with E-state index >= 15 is 0 Å². The maximum atomic E-state index is 13.8. The molecule has 1 heterocycles. The van der Waals surface area contributed by atoms with E-state index in [4.69, 9.17) is 4.74 Å². The minimum atomic E-state index is -2.79. The van der Waals surface area contributed by atoms with E-state index in [1.807, 2.05) is 91.0 Å². The molecule has 1 aliphatic rings. The molecule has 0 N–H and O–H groups in total. The van der Waals surface area contributed by atoms with Gasteiger partial charge in [0, 0.05) is 15.9 Å². The first-order valence-electron chi connectivity index (χ1n) is 11.3.